The molecule has 2 aromatic carbocycles. The first-order chi connectivity index (χ1) is 15.1. The maximum atomic E-state index is 13.6. The lowest BCUT2D eigenvalue weighted by Crippen LogP contribution is -2.14. The molecule has 0 aliphatic carbocycles. The Labute approximate surface area is 181 Å². The Balaban J connectivity index is 1.46. The van der Waals surface area contributed by atoms with Crippen molar-refractivity contribution >= 4 is 29.0 Å². The maximum absolute atomic E-state index is 13.6. The van der Waals surface area contributed by atoms with Gasteiger partial charge in [-0.3, -0.25) is 4.79 Å². The number of carbonyl (C=O) groups is 1. The number of aromatic nitrogens is 4. The highest BCUT2D eigenvalue weighted by Gasteiger charge is 2.12. The van der Waals surface area contributed by atoms with E-state index >= 15 is 0 Å². The molecule has 4 aromatic rings. The fourth-order valence-electron chi connectivity index (χ4n) is 2.91. The summed E-state index contributed by atoms with van der Waals surface area (Å²) in [6.45, 7) is 0. The molecule has 0 atom stereocenters. The summed E-state index contributed by atoms with van der Waals surface area (Å²) in [7, 11) is 3.08. The predicted octanol–water partition coefficient (Wildman–Crippen LogP) is 3.68. The van der Waals surface area contributed by atoms with Crippen LogP contribution in [-0.2, 0) is 4.79 Å². The number of ether oxygens (including phenoxy) is 2. The van der Waals surface area contributed by atoms with Gasteiger partial charge in [-0.15, -0.1) is 10.2 Å². The molecular formula is C21H18FN5O3S. The SMILES string of the molecule is COc1ccc(NC(=O)CSc2ccc3nnc(-c4cccc(F)c4)n3n2)cc1OC. The molecule has 8 nitrogen and oxygen atoms in total. The third-order valence-corrected chi connectivity index (χ3v) is 5.26. The van der Waals surface area contributed by atoms with Crippen molar-refractivity contribution in [3.63, 3.8) is 0 Å². The topological polar surface area (TPSA) is 90.6 Å². The zero-order chi connectivity index (χ0) is 21.8. The summed E-state index contributed by atoms with van der Waals surface area (Å²) in [5, 5.41) is 16.1. The molecule has 1 amide bonds. The summed E-state index contributed by atoms with van der Waals surface area (Å²) in [5.74, 6) is 1.10. The van der Waals surface area contributed by atoms with Crippen LogP contribution >= 0.6 is 11.8 Å². The van der Waals surface area contributed by atoms with Gasteiger partial charge in [0, 0.05) is 17.3 Å². The van der Waals surface area contributed by atoms with Gasteiger partial charge in [-0.2, -0.15) is 9.61 Å². The van der Waals surface area contributed by atoms with Crippen LogP contribution in [0.3, 0.4) is 0 Å². The molecule has 0 aliphatic heterocycles. The average Bonchev–Trinajstić information content (AvgIpc) is 3.21. The molecule has 0 radical (unpaired) electrons. The highest BCUT2D eigenvalue weighted by molar-refractivity contribution is 7.99. The lowest BCUT2D eigenvalue weighted by Gasteiger charge is -2.10. The lowest BCUT2D eigenvalue weighted by atomic mass is 10.2. The van der Waals surface area contributed by atoms with Crippen LogP contribution in [0.25, 0.3) is 17.0 Å². The molecule has 0 bridgehead atoms. The Morgan fingerprint density at radius 2 is 1.90 bits per heavy atom. The molecule has 0 saturated heterocycles. The molecule has 2 heterocycles. The van der Waals surface area contributed by atoms with E-state index < -0.39 is 0 Å². The summed E-state index contributed by atoms with van der Waals surface area (Å²) in [6, 6.07) is 14.7. The van der Waals surface area contributed by atoms with E-state index in [1.165, 1.54) is 35.5 Å². The number of amides is 1. The fourth-order valence-corrected chi connectivity index (χ4v) is 3.56. The number of hydrogen-bond acceptors (Lipinski definition) is 7. The molecule has 0 fully saturated rings. The van der Waals surface area contributed by atoms with Crippen LogP contribution in [0.2, 0.25) is 0 Å². The number of benzene rings is 2. The summed E-state index contributed by atoms with van der Waals surface area (Å²) in [6.07, 6.45) is 0. The van der Waals surface area contributed by atoms with E-state index in [-0.39, 0.29) is 17.5 Å². The molecule has 2 aromatic heterocycles. The van der Waals surface area contributed by atoms with Gasteiger partial charge in [0.15, 0.2) is 23.0 Å². The van der Waals surface area contributed by atoms with Crippen molar-refractivity contribution in [2.24, 2.45) is 0 Å². The highest BCUT2D eigenvalue weighted by atomic mass is 32.2. The number of nitrogens with zero attached hydrogens (tertiary/aromatic N) is 4. The second-order valence-corrected chi connectivity index (χ2v) is 7.38. The summed E-state index contributed by atoms with van der Waals surface area (Å²) in [5.41, 5.74) is 1.69. The van der Waals surface area contributed by atoms with Crippen molar-refractivity contribution in [1.29, 1.82) is 0 Å². The van der Waals surface area contributed by atoms with Gasteiger partial charge in [0.25, 0.3) is 0 Å². The molecular weight excluding hydrogens is 421 g/mol. The number of anilines is 1. The Kier molecular flexibility index (Phi) is 5.99. The van der Waals surface area contributed by atoms with Gasteiger partial charge in [0.2, 0.25) is 5.91 Å². The van der Waals surface area contributed by atoms with E-state index in [2.05, 4.69) is 20.6 Å². The Hall–Kier alpha value is -3.66. The van der Waals surface area contributed by atoms with E-state index in [0.717, 1.165) is 0 Å². The van der Waals surface area contributed by atoms with E-state index in [9.17, 15) is 9.18 Å². The van der Waals surface area contributed by atoms with Crippen LogP contribution in [-0.4, -0.2) is 45.7 Å². The summed E-state index contributed by atoms with van der Waals surface area (Å²) < 4.78 is 25.5. The minimum absolute atomic E-state index is 0.143. The van der Waals surface area contributed by atoms with E-state index in [1.807, 2.05) is 0 Å². The number of rotatable bonds is 7. The molecule has 0 aliphatic rings. The first kappa shape index (κ1) is 20.6. The number of nitrogens with one attached hydrogen (secondary N) is 1. The van der Waals surface area contributed by atoms with E-state index in [0.29, 0.717) is 39.2 Å². The van der Waals surface area contributed by atoms with Gasteiger partial charge >= 0.3 is 0 Å². The molecule has 31 heavy (non-hydrogen) atoms. The second-order valence-electron chi connectivity index (χ2n) is 6.38. The van der Waals surface area contributed by atoms with Crippen molar-refractivity contribution in [2.75, 3.05) is 25.3 Å². The highest BCUT2D eigenvalue weighted by Crippen LogP contribution is 2.30. The van der Waals surface area contributed by atoms with Crippen LogP contribution in [0, 0.1) is 5.82 Å². The van der Waals surface area contributed by atoms with Gasteiger partial charge in [-0.25, -0.2) is 4.39 Å². The third kappa shape index (κ3) is 4.58. The van der Waals surface area contributed by atoms with Crippen molar-refractivity contribution < 1.29 is 18.7 Å². The third-order valence-electron chi connectivity index (χ3n) is 4.34. The number of thioether (sulfide) groups is 1. The molecule has 158 valence electrons. The van der Waals surface area contributed by atoms with Crippen LogP contribution < -0.4 is 14.8 Å². The minimum atomic E-state index is -0.369. The van der Waals surface area contributed by atoms with Crippen molar-refractivity contribution in [3.8, 4) is 22.9 Å². The first-order valence-electron chi connectivity index (χ1n) is 9.20. The monoisotopic (exact) mass is 439 g/mol. The molecule has 0 saturated carbocycles. The van der Waals surface area contributed by atoms with Gasteiger partial charge in [-0.05, 0) is 36.4 Å². The Bertz CT molecular complexity index is 1250. The number of halogens is 1. The van der Waals surface area contributed by atoms with Gasteiger partial charge in [-0.1, -0.05) is 23.9 Å². The number of carbonyl (C=O) groups excluding carboxylic acids is 1. The van der Waals surface area contributed by atoms with Gasteiger partial charge in [0.05, 0.1) is 20.0 Å². The summed E-state index contributed by atoms with van der Waals surface area (Å²) in [4.78, 5) is 12.4. The first-order valence-corrected chi connectivity index (χ1v) is 10.2. The van der Waals surface area contributed by atoms with E-state index in [4.69, 9.17) is 9.47 Å². The Morgan fingerprint density at radius 1 is 1.06 bits per heavy atom. The largest absolute Gasteiger partial charge is 0.493 e. The number of hydrogen-bond donors (Lipinski definition) is 1. The second kappa shape index (κ2) is 9.00. The number of fused-ring (bicyclic) bond motifs is 1. The van der Waals surface area contributed by atoms with Crippen molar-refractivity contribution in [3.05, 3.63) is 60.4 Å². The van der Waals surface area contributed by atoms with Crippen LogP contribution in [0.4, 0.5) is 10.1 Å². The number of methoxy groups -OCH3 is 2. The van der Waals surface area contributed by atoms with E-state index in [1.54, 1.807) is 49.6 Å². The normalized spacial score (nSPS) is 10.8. The zero-order valence-electron chi connectivity index (χ0n) is 16.7. The molecule has 0 unspecified atom stereocenters. The predicted molar refractivity (Wildman–Crippen MR) is 115 cm³/mol. The van der Waals surface area contributed by atoms with Crippen LogP contribution in [0.1, 0.15) is 0 Å². The van der Waals surface area contributed by atoms with Crippen molar-refractivity contribution in [2.45, 2.75) is 5.03 Å². The molecule has 0 spiro atoms. The standard InChI is InChI=1S/C21H18FN5O3S/c1-29-16-7-6-15(11-17(16)30-2)23-19(28)12-31-20-9-8-18-24-25-21(27(18)26-20)13-4-3-5-14(22)10-13/h3-11H,12H2,1-2H3,(H,23,28). The molecule has 4 rings (SSSR count). The quantitative estimate of drug-likeness (QED) is 0.439. The van der Waals surface area contributed by atoms with Gasteiger partial charge < -0.3 is 14.8 Å². The molecule has 1 N–H and O–H groups in total. The van der Waals surface area contributed by atoms with Crippen molar-refractivity contribution in [1.82, 2.24) is 19.8 Å². The minimum Gasteiger partial charge on any atom is -0.493 e. The fraction of sp³-hybridized carbons (Fsp3) is 0.143. The summed E-state index contributed by atoms with van der Waals surface area (Å²) >= 11 is 1.26. The zero-order valence-corrected chi connectivity index (χ0v) is 17.5. The molecule has 10 heteroatoms. The average molecular weight is 439 g/mol. The van der Waals surface area contributed by atoms with Crippen LogP contribution in [0.5, 0.6) is 11.5 Å². The smallest absolute Gasteiger partial charge is 0.234 e. The lowest BCUT2D eigenvalue weighted by molar-refractivity contribution is -0.113. The van der Waals surface area contributed by atoms with Gasteiger partial charge in [0.1, 0.15) is 10.8 Å². The maximum Gasteiger partial charge on any atom is 0.234 e. The Morgan fingerprint density at radius 3 is 2.68 bits per heavy atom. The van der Waals surface area contributed by atoms with Crippen LogP contribution in [0.15, 0.2) is 59.6 Å².